The van der Waals surface area contributed by atoms with Gasteiger partial charge in [0.25, 0.3) is 0 Å². The number of benzene rings is 1. The number of nitrogens with zero attached hydrogens (tertiary/aromatic N) is 5. The lowest BCUT2D eigenvalue weighted by atomic mass is 10.2. The topological polar surface area (TPSA) is 113 Å². The SMILES string of the molecule is COc1cc(-n2cnc(Nc3nc(Cl)nc4c3CN(C(=O)OC(C)(C)C)C4)c2)cc(OC)c1OC. The Bertz CT molecular complexity index is 1230. The average molecular weight is 503 g/mol. The standard InChI is InChI=1S/C23H27ClN6O5/c1-23(2,3)35-22(31)29-9-14-15(10-29)26-21(24)28-20(14)27-18-11-30(12-25-18)13-7-16(32-4)19(34-6)17(8-13)33-5/h7-8,11-12H,9-10H2,1-6H3,(H,26,27,28). The second-order valence-corrected chi connectivity index (χ2v) is 9.12. The Labute approximate surface area is 207 Å². The van der Waals surface area contributed by atoms with Crippen molar-refractivity contribution in [3.63, 3.8) is 0 Å². The van der Waals surface area contributed by atoms with Crippen LogP contribution >= 0.6 is 11.6 Å². The van der Waals surface area contributed by atoms with Crippen LogP contribution in [-0.4, -0.2) is 57.4 Å². The summed E-state index contributed by atoms with van der Waals surface area (Å²) < 4.78 is 23.5. The number of nitrogens with one attached hydrogen (secondary N) is 1. The van der Waals surface area contributed by atoms with Gasteiger partial charge in [0.15, 0.2) is 11.5 Å². The Morgan fingerprint density at radius 2 is 1.74 bits per heavy atom. The molecule has 3 aromatic rings. The van der Waals surface area contributed by atoms with Crippen molar-refractivity contribution in [1.82, 2.24) is 24.4 Å². The fourth-order valence-electron chi connectivity index (χ4n) is 3.65. The van der Waals surface area contributed by atoms with E-state index in [1.807, 2.05) is 32.9 Å². The summed E-state index contributed by atoms with van der Waals surface area (Å²) in [7, 11) is 4.67. The van der Waals surface area contributed by atoms with Crippen LogP contribution in [0.4, 0.5) is 16.4 Å². The molecule has 0 spiro atoms. The normalized spacial score (nSPS) is 12.8. The van der Waals surface area contributed by atoms with Gasteiger partial charge in [-0.25, -0.2) is 19.7 Å². The Kier molecular flexibility index (Phi) is 6.62. The molecular weight excluding hydrogens is 476 g/mol. The first-order chi connectivity index (χ1) is 16.6. The van der Waals surface area contributed by atoms with Gasteiger partial charge < -0.3 is 28.8 Å². The van der Waals surface area contributed by atoms with Gasteiger partial charge in [-0.2, -0.15) is 0 Å². The molecule has 4 rings (SSSR count). The summed E-state index contributed by atoms with van der Waals surface area (Å²) in [5.74, 6) is 2.53. The number of rotatable bonds is 6. The van der Waals surface area contributed by atoms with E-state index in [-0.39, 0.29) is 18.4 Å². The summed E-state index contributed by atoms with van der Waals surface area (Å²) in [5.41, 5.74) is 1.56. The zero-order chi connectivity index (χ0) is 25.3. The molecule has 0 unspecified atom stereocenters. The van der Waals surface area contributed by atoms with Gasteiger partial charge in [-0.1, -0.05) is 0 Å². The Balaban J connectivity index is 1.59. The van der Waals surface area contributed by atoms with Crippen LogP contribution in [0.5, 0.6) is 17.2 Å². The van der Waals surface area contributed by atoms with Crippen LogP contribution in [0.15, 0.2) is 24.7 Å². The molecule has 2 aromatic heterocycles. The number of hydrogen-bond acceptors (Lipinski definition) is 9. The minimum atomic E-state index is -0.601. The Morgan fingerprint density at radius 3 is 2.34 bits per heavy atom. The third kappa shape index (κ3) is 5.19. The van der Waals surface area contributed by atoms with E-state index in [0.717, 1.165) is 11.3 Å². The molecule has 1 N–H and O–H groups in total. The number of methoxy groups -OCH3 is 3. The molecule has 1 aliphatic heterocycles. The molecule has 3 heterocycles. The van der Waals surface area contributed by atoms with Crippen molar-refractivity contribution in [2.75, 3.05) is 26.6 Å². The van der Waals surface area contributed by atoms with Gasteiger partial charge in [0, 0.05) is 17.7 Å². The van der Waals surface area contributed by atoms with E-state index < -0.39 is 11.7 Å². The smallest absolute Gasteiger partial charge is 0.410 e. The highest BCUT2D eigenvalue weighted by Gasteiger charge is 2.31. The highest BCUT2D eigenvalue weighted by molar-refractivity contribution is 6.28. The second-order valence-electron chi connectivity index (χ2n) is 8.78. The lowest BCUT2D eigenvalue weighted by Crippen LogP contribution is -2.33. The Hall–Kier alpha value is -3.73. The fraction of sp³-hybridized carbons (Fsp3) is 0.391. The van der Waals surface area contributed by atoms with E-state index in [4.69, 9.17) is 30.5 Å². The molecule has 0 radical (unpaired) electrons. The summed E-state index contributed by atoms with van der Waals surface area (Å²) in [5, 5.41) is 3.26. The summed E-state index contributed by atoms with van der Waals surface area (Å²) in [6, 6.07) is 3.62. The van der Waals surface area contributed by atoms with Gasteiger partial charge >= 0.3 is 6.09 Å². The van der Waals surface area contributed by atoms with E-state index in [2.05, 4.69) is 20.3 Å². The number of halogens is 1. The zero-order valence-electron chi connectivity index (χ0n) is 20.4. The molecule has 35 heavy (non-hydrogen) atoms. The van der Waals surface area contributed by atoms with Gasteiger partial charge in [-0.05, 0) is 32.4 Å². The fourth-order valence-corrected chi connectivity index (χ4v) is 3.84. The molecule has 0 bridgehead atoms. The third-order valence-electron chi connectivity index (χ3n) is 5.18. The molecule has 1 amide bonds. The maximum atomic E-state index is 12.6. The minimum Gasteiger partial charge on any atom is -0.493 e. The van der Waals surface area contributed by atoms with Crippen LogP contribution in [-0.2, 0) is 17.8 Å². The van der Waals surface area contributed by atoms with Crippen LogP contribution in [0.1, 0.15) is 32.0 Å². The van der Waals surface area contributed by atoms with Gasteiger partial charge in [-0.15, -0.1) is 0 Å². The van der Waals surface area contributed by atoms with Gasteiger partial charge in [0.05, 0.1) is 52.0 Å². The number of carbonyl (C=O) groups excluding carboxylic acids is 1. The molecular formula is C23H27ClN6O5. The van der Waals surface area contributed by atoms with E-state index in [0.29, 0.717) is 34.6 Å². The second kappa shape index (κ2) is 9.49. The minimum absolute atomic E-state index is 0.0707. The summed E-state index contributed by atoms with van der Waals surface area (Å²) in [4.78, 5) is 27.2. The highest BCUT2D eigenvalue weighted by Crippen LogP contribution is 2.39. The number of hydrogen-bond donors (Lipinski definition) is 1. The lowest BCUT2D eigenvalue weighted by Gasteiger charge is -2.24. The number of carbonyl (C=O) groups is 1. The predicted molar refractivity (Wildman–Crippen MR) is 129 cm³/mol. The highest BCUT2D eigenvalue weighted by atomic mass is 35.5. The molecule has 11 nitrogen and oxygen atoms in total. The third-order valence-corrected chi connectivity index (χ3v) is 5.35. The van der Waals surface area contributed by atoms with Crippen molar-refractivity contribution in [2.24, 2.45) is 0 Å². The van der Waals surface area contributed by atoms with Gasteiger partial charge in [0.1, 0.15) is 23.6 Å². The van der Waals surface area contributed by atoms with E-state index in [1.165, 1.54) is 0 Å². The van der Waals surface area contributed by atoms with E-state index in [9.17, 15) is 4.79 Å². The first kappa shape index (κ1) is 24.4. The van der Waals surface area contributed by atoms with Crippen molar-refractivity contribution < 1.29 is 23.7 Å². The quantitative estimate of drug-likeness (QED) is 0.492. The molecule has 0 saturated carbocycles. The van der Waals surface area contributed by atoms with Crippen LogP contribution in [0, 0.1) is 0 Å². The number of aromatic nitrogens is 4. The van der Waals surface area contributed by atoms with Crippen LogP contribution in [0.3, 0.4) is 0 Å². The molecule has 0 atom stereocenters. The maximum absolute atomic E-state index is 12.6. The van der Waals surface area contributed by atoms with Gasteiger partial charge in [0.2, 0.25) is 11.0 Å². The number of anilines is 2. The van der Waals surface area contributed by atoms with Crippen LogP contribution in [0.25, 0.3) is 5.69 Å². The van der Waals surface area contributed by atoms with E-state index >= 15 is 0 Å². The first-order valence-electron chi connectivity index (χ1n) is 10.8. The summed E-state index contributed by atoms with van der Waals surface area (Å²) in [6.07, 6.45) is 2.99. The molecule has 1 aromatic carbocycles. The lowest BCUT2D eigenvalue weighted by molar-refractivity contribution is 0.0241. The summed E-state index contributed by atoms with van der Waals surface area (Å²) in [6.45, 7) is 6.03. The molecule has 0 saturated heterocycles. The number of imidazole rings is 1. The molecule has 1 aliphatic rings. The first-order valence-corrected chi connectivity index (χ1v) is 11.1. The maximum Gasteiger partial charge on any atom is 0.410 e. The van der Waals surface area contributed by atoms with Crippen LogP contribution < -0.4 is 19.5 Å². The summed E-state index contributed by atoms with van der Waals surface area (Å²) >= 11 is 6.16. The zero-order valence-corrected chi connectivity index (χ0v) is 21.1. The Morgan fingerprint density at radius 1 is 1.06 bits per heavy atom. The van der Waals surface area contributed by atoms with E-state index in [1.54, 1.807) is 43.3 Å². The number of amides is 1. The van der Waals surface area contributed by atoms with Crippen molar-refractivity contribution in [3.8, 4) is 22.9 Å². The number of fused-ring (bicyclic) bond motifs is 1. The predicted octanol–water partition coefficient (Wildman–Crippen LogP) is 4.34. The largest absolute Gasteiger partial charge is 0.493 e. The van der Waals surface area contributed by atoms with Crippen molar-refractivity contribution >= 4 is 29.3 Å². The molecule has 0 fully saturated rings. The van der Waals surface area contributed by atoms with Crippen molar-refractivity contribution in [3.05, 3.63) is 41.2 Å². The molecule has 12 heteroatoms. The molecule has 0 aliphatic carbocycles. The average Bonchev–Trinajstić information content (AvgIpc) is 3.44. The monoisotopic (exact) mass is 502 g/mol. The van der Waals surface area contributed by atoms with Crippen molar-refractivity contribution in [1.29, 1.82) is 0 Å². The van der Waals surface area contributed by atoms with Gasteiger partial charge in [-0.3, -0.25) is 4.90 Å². The van der Waals surface area contributed by atoms with Crippen LogP contribution in [0.2, 0.25) is 5.28 Å². The molecule has 186 valence electrons. The van der Waals surface area contributed by atoms with Crippen molar-refractivity contribution in [2.45, 2.75) is 39.5 Å². The number of ether oxygens (including phenoxy) is 4.